The Hall–Kier alpha value is 1.95. The first-order valence-corrected chi connectivity index (χ1v) is 27.6. The van der Waals surface area contributed by atoms with Crippen LogP contribution in [-0.4, -0.2) is 34.4 Å². The summed E-state index contributed by atoms with van der Waals surface area (Å²) in [6.45, 7) is 21.2. The zero-order chi connectivity index (χ0) is 14.5. The van der Waals surface area contributed by atoms with Gasteiger partial charge in [-0.05, 0) is 0 Å². The van der Waals surface area contributed by atoms with E-state index in [2.05, 4.69) is 58.9 Å². The molecule has 0 aromatic heterocycles. The molecule has 0 saturated carbocycles. The second-order valence-electron chi connectivity index (χ2n) is 7.98. The Morgan fingerprint density at radius 3 is 0.765 bits per heavy atom. The van der Waals surface area contributed by atoms with Gasteiger partial charge in [-0.3, -0.25) is 0 Å². The summed E-state index contributed by atoms with van der Waals surface area (Å²) >= 11 is 21.5. The first-order valence-electron chi connectivity index (χ1n) is 6.07. The Morgan fingerprint density at radius 1 is 0.471 bits per heavy atom. The van der Waals surface area contributed by atoms with E-state index in [4.69, 9.17) is 33.2 Å². The van der Waals surface area contributed by atoms with Crippen molar-refractivity contribution in [3.05, 3.63) is 0 Å². The highest BCUT2D eigenvalue weighted by Gasteiger charge is 2.71. The maximum atomic E-state index is 7.36. The van der Waals surface area contributed by atoms with Crippen LogP contribution in [0.15, 0.2) is 0 Å². The second kappa shape index (κ2) is 5.05. The minimum atomic E-state index is -2.32. The average molecular weight is 382 g/mol. The molecule has 0 heterocycles. The molecule has 0 bridgehead atoms. The normalized spacial score (nSPS) is 16.2. The summed E-state index contributed by atoms with van der Waals surface area (Å²) in [7, 11) is -4.56. The Labute approximate surface area is 126 Å². The molecule has 0 radical (unpaired) electrons. The molecule has 0 aromatic rings. The van der Waals surface area contributed by atoms with Gasteiger partial charge in [0.25, 0.3) is 0 Å². The summed E-state index contributed by atoms with van der Waals surface area (Å²) in [4.78, 5) is 0. The van der Waals surface area contributed by atoms with Crippen LogP contribution >= 0.6 is 33.2 Å². The molecule has 0 nitrogen and oxygen atoms in total. The average Bonchev–Trinajstić information content (AvgIpc) is 1.95. The van der Waals surface area contributed by atoms with Crippen molar-refractivity contribution in [1.82, 2.24) is 0 Å². The highest BCUT2D eigenvalue weighted by molar-refractivity contribution is 8.20. The summed E-state index contributed by atoms with van der Waals surface area (Å²) in [5, 5.41) is 0. The molecule has 8 heteroatoms. The molecular weight excluding hydrogens is 355 g/mol. The van der Waals surface area contributed by atoms with Crippen molar-refractivity contribution in [2.75, 3.05) is 0 Å². The topological polar surface area (TPSA) is 0 Å². The fourth-order valence-corrected chi connectivity index (χ4v) is 149. The van der Waals surface area contributed by atoms with Crippen LogP contribution in [0.2, 0.25) is 58.9 Å². The molecule has 0 aliphatic carbocycles. The van der Waals surface area contributed by atoms with Gasteiger partial charge in [-0.2, -0.15) is 33.2 Å². The molecule has 0 aliphatic rings. The van der Waals surface area contributed by atoms with Crippen molar-refractivity contribution < 1.29 is 0 Å². The molecule has 0 aliphatic heterocycles. The van der Waals surface area contributed by atoms with Crippen LogP contribution in [0.5, 0.6) is 0 Å². The van der Waals surface area contributed by atoms with Crippen molar-refractivity contribution in [3.63, 3.8) is 0 Å². The molecule has 0 amide bonds. The van der Waals surface area contributed by atoms with Gasteiger partial charge < -0.3 is 0 Å². The van der Waals surface area contributed by atoms with Crippen LogP contribution in [-0.2, 0) is 0 Å². The van der Waals surface area contributed by atoms with E-state index in [0.29, 0.717) is 0 Å². The van der Waals surface area contributed by atoms with Crippen LogP contribution in [0.4, 0.5) is 0 Å². The predicted octanol–water partition coefficient (Wildman–Crippen LogP) is 5.42. The molecule has 0 N–H and O–H groups in total. The zero-order valence-corrected chi connectivity index (χ0v) is 19.9. The summed E-state index contributed by atoms with van der Waals surface area (Å²) in [6, 6.07) is 0. The third-order valence-corrected chi connectivity index (χ3v) is 116. The van der Waals surface area contributed by atoms with Crippen molar-refractivity contribution in [1.29, 1.82) is 0 Å². The van der Waals surface area contributed by atoms with E-state index in [1.807, 2.05) is 0 Å². The van der Waals surface area contributed by atoms with E-state index in [-0.39, 0.29) is 0 Å². The van der Waals surface area contributed by atoms with E-state index in [0.717, 1.165) is 0 Å². The lowest BCUT2D eigenvalue weighted by atomic mass is 11.8. The molecule has 0 spiro atoms. The molecule has 0 fully saturated rings. The van der Waals surface area contributed by atoms with Crippen LogP contribution in [0.25, 0.3) is 0 Å². The van der Waals surface area contributed by atoms with Crippen LogP contribution in [0.3, 0.4) is 0 Å². The van der Waals surface area contributed by atoms with Crippen molar-refractivity contribution in [2.45, 2.75) is 58.9 Å². The third-order valence-electron chi connectivity index (χ3n) is 3.44. The molecule has 0 saturated heterocycles. The Balaban J connectivity index is 6.04. The first kappa shape index (κ1) is 19.0. The van der Waals surface area contributed by atoms with E-state index >= 15 is 0 Å². The second-order valence-corrected chi connectivity index (χ2v) is 67.0. The summed E-state index contributed by atoms with van der Waals surface area (Å²) in [5.41, 5.74) is -2.32. The van der Waals surface area contributed by atoms with Crippen molar-refractivity contribution >= 4 is 67.7 Å². The molecule has 104 valence electrons. The fourth-order valence-electron chi connectivity index (χ4n) is 2.58. The summed E-state index contributed by atoms with van der Waals surface area (Å²) in [5.74, 6) is -2.03. The molecule has 0 aromatic carbocycles. The maximum Gasteiger partial charge on any atom is 0.239 e. The zero-order valence-electron chi connectivity index (χ0n) is 12.6. The van der Waals surface area contributed by atoms with Crippen LogP contribution in [0, 0.1) is 0 Å². The Morgan fingerprint density at radius 2 is 0.706 bits per heavy atom. The summed E-state index contributed by atoms with van der Waals surface area (Å²) < 4.78 is 0. The van der Waals surface area contributed by atoms with Crippen LogP contribution in [0.1, 0.15) is 0 Å². The molecule has 0 unspecified atom stereocenters. The molecule has 17 heavy (non-hydrogen) atoms. The van der Waals surface area contributed by atoms with E-state index in [1.165, 1.54) is 0 Å². The van der Waals surface area contributed by atoms with Gasteiger partial charge in [0.05, 0.1) is 22.8 Å². The number of hydrogen-bond donors (Lipinski definition) is 0. The van der Waals surface area contributed by atoms with Gasteiger partial charge in [-0.1, -0.05) is 58.9 Å². The van der Waals surface area contributed by atoms with Gasteiger partial charge in [0.15, 0.2) is 5.94 Å². The van der Waals surface area contributed by atoms with E-state index < -0.39 is 34.4 Å². The first-order chi connectivity index (χ1) is 7.00. The van der Waals surface area contributed by atoms with E-state index in [9.17, 15) is 0 Å². The number of halogens is 3. The highest BCUT2D eigenvalue weighted by Crippen LogP contribution is 2.47. The van der Waals surface area contributed by atoms with Gasteiger partial charge in [0, 0.05) is 0 Å². The number of hydrogen-bond acceptors (Lipinski definition) is 0. The van der Waals surface area contributed by atoms with Gasteiger partial charge >= 0.3 is 0 Å². The van der Waals surface area contributed by atoms with Crippen LogP contribution < -0.4 is 0 Å². The standard InChI is InChI=1S/C9H27Cl3Si5/c1-13(2,3)16(10,11)17(12,14(4,5)6)15(7,8)9/h1-9H3. The highest BCUT2D eigenvalue weighted by atomic mass is 35.7. The van der Waals surface area contributed by atoms with Crippen molar-refractivity contribution in [3.8, 4) is 0 Å². The SMILES string of the molecule is C[Si](C)(C)[Si](Cl)(Cl)[Si](Cl)([Si](C)(C)C)[Si](C)(C)C. The van der Waals surface area contributed by atoms with Gasteiger partial charge in [0.1, 0.15) is 0 Å². The smallest absolute Gasteiger partial charge is 0.175 e. The third kappa shape index (κ3) is 3.17. The Bertz CT molecular complexity index is 270. The minimum absolute atomic E-state index is 1.49. The van der Waals surface area contributed by atoms with E-state index in [1.54, 1.807) is 0 Å². The van der Waals surface area contributed by atoms with Crippen molar-refractivity contribution in [2.24, 2.45) is 0 Å². The Kier molecular flexibility index (Phi) is 5.64. The molecule has 0 rings (SSSR count). The predicted molar refractivity (Wildman–Crippen MR) is 99.1 cm³/mol. The monoisotopic (exact) mass is 380 g/mol. The van der Waals surface area contributed by atoms with Gasteiger partial charge in [0.2, 0.25) is 5.73 Å². The molecule has 0 atom stereocenters. The largest absolute Gasteiger partial charge is 0.239 e. The van der Waals surface area contributed by atoms with Gasteiger partial charge in [-0.15, -0.1) is 0 Å². The lowest BCUT2D eigenvalue weighted by molar-refractivity contribution is 1.79. The van der Waals surface area contributed by atoms with Gasteiger partial charge in [-0.25, -0.2) is 0 Å². The molecular formula is C9H27Cl3Si5. The lowest BCUT2D eigenvalue weighted by Gasteiger charge is -2.54. The lowest BCUT2D eigenvalue weighted by Crippen LogP contribution is -2.84. The summed E-state index contributed by atoms with van der Waals surface area (Å²) in [6.07, 6.45) is 0. The fraction of sp³-hybridized carbons (Fsp3) is 1.00. The maximum absolute atomic E-state index is 7.36. The minimum Gasteiger partial charge on any atom is -0.175 e. The number of rotatable bonds is 4. The quantitative estimate of drug-likeness (QED) is 0.450.